The predicted molar refractivity (Wildman–Crippen MR) is 215 cm³/mol. The molecule has 3 aliphatic heterocycles. The summed E-state index contributed by atoms with van der Waals surface area (Å²) in [6.07, 6.45) is 4.36. The van der Waals surface area contributed by atoms with Crippen LogP contribution in [0.5, 0.6) is 11.5 Å². The smallest absolute Gasteiger partial charge is 0.243 e. The zero-order chi connectivity index (χ0) is 38.6. The Kier molecular flexibility index (Phi) is 11.0. The van der Waals surface area contributed by atoms with Crippen LogP contribution in [0.4, 0.5) is 23.4 Å². The van der Waals surface area contributed by atoms with E-state index >= 15 is 0 Å². The van der Waals surface area contributed by atoms with Crippen LogP contribution < -0.4 is 24.2 Å². The highest BCUT2D eigenvalue weighted by molar-refractivity contribution is 7.89. The van der Waals surface area contributed by atoms with Crippen molar-refractivity contribution in [3.8, 4) is 22.8 Å². The van der Waals surface area contributed by atoms with Crippen molar-refractivity contribution in [2.75, 3.05) is 95.0 Å². The van der Waals surface area contributed by atoms with E-state index in [9.17, 15) is 8.42 Å². The second-order valence-corrected chi connectivity index (χ2v) is 16.1. The molecule has 2 aromatic heterocycles. The third-order valence-electron chi connectivity index (χ3n) is 10.6. The second-order valence-electron chi connectivity index (χ2n) is 14.2. The highest BCUT2D eigenvalue weighted by Crippen LogP contribution is 2.40. The highest BCUT2D eigenvalue weighted by Gasteiger charge is 2.32. The van der Waals surface area contributed by atoms with Crippen molar-refractivity contribution in [3.05, 3.63) is 102 Å². The maximum atomic E-state index is 13.8. The van der Waals surface area contributed by atoms with Crippen molar-refractivity contribution >= 4 is 33.4 Å². The fourth-order valence-electron chi connectivity index (χ4n) is 7.33. The molecule has 56 heavy (non-hydrogen) atoms. The SMILES string of the molecule is COc1ccc(CN(Cc2ccc(OC)cc2)c2ncc(-c3nc(N4CCOCC4)nc4c3CCN4c3cccc(S(=O)(=O)N4CCN(C)CC4)c3)cn2)cc1. The zero-order valence-corrected chi connectivity index (χ0v) is 32.9. The minimum absolute atomic E-state index is 0.286. The second kappa shape index (κ2) is 16.4. The number of hydrogen-bond acceptors (Lipinski definition) is 13. The lowest BCUT2D eigenvalue weighted by atomic mass is 10.1. The fraction of sp³-hybridized carbons (Fsp3) is 0.366. The van der Waals surface area contributed by atoms with Gasteiger partial charge in [-0.3, -0.25) is 0 Å². The van der Waals surface area contributed by atoms with Crippen molar-refractivity contribution in [2.24, 2.45) is 0 Å². The average Bonchev–Trinajstić information content (AvgIpc) is 3.68. The highest BCUT2D eigenvalue weighted by atomic mass is 32.2. The van der Waals surface area contributed by atoms with E-state index in [0.717, 1.165) is 51.0 Å². The molecule has 2 saturated heterocycles. The van der Waals surface area contributed by atoms with Gasteiger partial charge in [-0.1, -0.05) is 30.3 Å². The number of fused-ring (bicyclic) bond motifs is 1. The first-order valence-corrected chi connectivity index (χ1v) is 20.4. The number of piperazine rings is 1. The molecule has 15 heteroatoms. The van der Waals surface area contributed by atoms with Crippen molar-refractivity contribution in [2.45, 2.75) is 24.4 Å². The summed E-state index contributed by atoms with van der Waals surface area (Å²) < 4.78 is 45.5. The summed E-state index contributed by atoms with van der Waals surface area (Å²) >= 11 is 0. The maximum Gasteiger partial charge on any atom is 0.243 e. The Hall–Kier alpha value is -5.35. The van der Waals surface area contributed by atoms with Gasteiger partial charge in [0.05, 0.1) is 38.0 Å². The molecule has 3 aromatic carbocycles. The molecule has 0 unspecified atom stereocenters. The summed E-state index contributed by atoms with van der Waals surface area (Å²) in [7, 11) is 1.68. The van der Waals surface area contributed by atoms with E-state index in [0.29, 0.717) is 90.4 Å². The van der Waals surface area contributed by atoms with Gasteiger partial charge in [-0.05, 0) is 67.1 Å². The van der Waals surface area contributed by atoms with Gasteiger partial charge in [0.25, 0.3) is 0 Å². The summed E-state index contributed by atoms with van der Waals surface area (Å²) in [4.78, 5) is 28.9. The predicted octanol–water partition coefficient (Wildman–Crippen LogP) is 4.62. The summed E-state index contributed by atoms with van der Waals surface area (Å²) in [6.45, 7) is 6.63. The van der Waals surface area contributed by atoms with Crippen LogP contribution >= 0.6 is 0 Å². The van der Waals surface area contributed by atoms with Crippen LogP contribution in [0.3, 0.4) is 0 Å². The van der Waals surface area contributed by atoms with Gasteiger partial charge in [0.1, 0.15) is 17.3 Å². The number of hydrogen-bond donors (Lipinski definition) is 0. The molecule has 0 N–H and O–H groups in total. The van der Waals surface area contributed by atoms with Gasteiger partial charge in [0.2, 0.25) is 21.9 Å². The van der Waals surface area contributed by atoms with Crippen LogP contribution in [0.25, 0.3) is 11.3 Å². The van der Waals surface area contributed by atoms with Gasteiger partial charge < -0.3 is 33.8 Å². The first-order chi connectivity index (χ1) is 27.3. The van der Waals surface area contributed by atoms with E-state index in [1.54, 1.807) is 30.7 Å². The molecule has 0 saturated carbocycles. The third kappa shape index (κ3) is 7.98. The first-order valence-electron chi connectivity index (χ1n) is 18.9. The van der Waals surface area contributed by atoms with Gasteiger partial charge in [0.15, 0.2) is 0 Å². The normalized spacial score (nSPS) is 16.5. The number of rotatable bonds is 12. The molecule has 5 aromatic rings. The molecule has 3 aliphatic rings. The number of nitrogens with zero attached hydrogens (tertiary/aromatic N) is 9. The van der Waals surface area contributed by atoms with Crippen LogP contribution in [0.2, 0.25) is 0 Å². The molecule has 2 fully saturated rings. The first kappa shape index (κ1) is 37.6. The topological polar surface area (TPSA) is 130 Å². The summed E-state index contributed by atoms with van der Waals surface area (Å²) in [5.41, 5.74) is 5.48. The molecular formula is C41H47N9O5S. The van der Waals surface area contributed by atoms with E-state index in [2.05, 4.69) is 43.9 Å². The van der Waals surface area contributed by atoms with Gasteiger partial charge in [-0.25, -0.2) is 23.4 Å². The number of anilines is 4. The Balaban J connectivity index is 1.13. The van der Waals surface area contributed by atoms with Crippen molar-refractivity contribution in [1.82, 2.24) is 29.1 Å². The Bertz CT molecular complexity index is 2180. The van der Waals surface area contributed by atoms with E-state index in [-0.39, 0.29) is 4.90 Å². The lowest BCUT2D eigenvalue weighted by molar-refractivity contribution is 0.122. The minimum Gasteiger partial charge on any atom is -0.497 e. The molecule has 5 heterocycles. The maximum absolute atomic E-state index is 13.8. The largest absolute Gasteiger partial charge is 0.497 e. The molecule has 0 amide bonds. The number of sulfonamides is 1. The quantitative estimate of drug-likeness (QED) is 0.175. The molecule has 0 aliphatic carbocycles. The van der Waals surface area contributed by atoms with Crippen molar-refractivity contribution in [1.29, 1.82) is 0 Å². The van der Waals surface area contributed by atoms with Crippen LogP contribution in [-0.4, -0.2) is 118 Å². The molecule has 0 spiro atoms. The number of benzene rings is 3. The Labute approximate surface area is 328 Å². The van der Waals surface area contributed by atoms with Crippen LogP contribution in [0.1, 0.15) is 16.7 Å². The van der Waals surface area contributed by atoms with Crippen LogP contribution in [0, 0.1) is 0 Å². The molecule has 0 atom stereocenters. The van der Waals surface area contributed by atoms with E-state index in [1.165, 1.54) is 0 Å². The standard InChI is InChI=1S/C41H47N9O5S/c1-46-17-19-49(20-18-46)56(51,52)36-6-4-5-33(25-36)50-16-15-37-38(44-41(45-39(37)50)47-21-23-55-24-22-47)32-26-42-40(43-27-32)48(28-30-7-11-34(53-2)12-8-30)29-31-9-13-35(54-3)14-10-31/h4-14,25-27H,15-24,28-29H2,1-3H3. The van der Waals surface area contributed by atoms with Gasteiger partial charge in [-0.2, -0.15) is 9.29 Å². The summed E-state index contributed by atoms with van der Waals surface area (Å²) in [6, 6.07) is 23.3. The monoisotopic (exact) mass is 777 g/mol. The van der Waals surface area contributed by atoms with Crippen LogP contribution in [0.15, 0.2) is 90.1 Å². The average molecular weight is 778 g/mol. The summed E-state index contributed by atoms with van der Waals surface area (Å²) in [5.74, 6) is 3.54. The Morgan fingerprint density at radius 1 is 0.768 bits per heavy atom. The van der Waals surface area contributed by atoms with Gasteiger partial charge >= 0.3 is 0 Å². The van der Waals surface area contributed by atoms with E-state index in [1.807, 2.05) is 55.8 Å². The van der Waals surface area contributed by atoms with E-state index < -0.39 is 10.0 Å². The minimum atomic E-state index is -3.66. The molecular weight excluding hydrogens is 731 g/mol. The Morgan fingerprint density at radius 2 is 1.39 bits per heavy atom. The van der Waals surface area contributed by atoms with Crippen molar-refractivity contribution < 1.29 is 22.6 Å². The van der Waals surface area contributed by atoms with Gasteiger partial charge in [0, 0.05) is 88.1 Å². The number of likely N-dealkylation sites (N-methyl/N-ethyl adjacent to an activating group) is 1. The van der Waals surface area contributed by atoms with Gasteiger partial charge in [-0.15, -0.1) is 0 Å². The molecule has 8 rings (SSSR count). The number of ether oxygens (including phenoxy) is 3. The number of morpholine rings is 1. The molecule has 14 nitrogen and oxygen atoms in total. The lowest BCUT2D eigenvalue weighted by Gasteiger charge is -2.31. The molecule has 0 bridgehead atoms. The number of methoxy groups -OCH3 is 2. The fourth-order valence-corrected chi connectivity index (χ4v) is 8.80. The zero-order valence-electron chi connectivity index (χ0n) is 32.0. The Morgan fingerprint density at radius 3 is 2.00 bits per heavy atom. The molecule has 0 radical (unpaired) electrons. The van der Waals surface area contributed by atoms with Crippen LogP contribution in [-0.2, 0) is 34.3 Å². The lowest BCUT2D eigenvalue weighted by Crippen LogP contribution is -2.47. The molecule has 292 valence electrons. The number of aromatic nitrogens is 4. The van der Waals surface area contributed by atoms with Crippen molar-refractivity contribution in [3.63, 3.8) is 0 Å². The third-order valence-corrected chi connectivity index (χ3v) is 12.5. The summed E-state index contributed by atoms with van der Waals surface area (Å²) in [5, 5.41) is 0. The van der Waals surface area contributed by atoms with E-state index in [4.69, 9.17) is 34.1 Å².